The van der Waals surface area contributed by atoms with Gasteiger partial charge in [-0.2, -0.15) is 13.2 Å². The third kappa shape index (κ3) is 4.30. The molecule has 0 unspecified atom stereocenters. The van der Waals surface area contributed by atoms with Gasteiger partial charge in [0, 0.05) is 13.1 Å². The van der Waals surface area contributed by atoms with E-state index in [0.717, 1.165) is 17.8 Å². The van der Waals surface area contributed by atoms with Crippen molar-refractivity contribution in [1.29, 1.82) is 0 Å². The summed E-state index contributed by atoms with van der Waals surface area (Å²) in [4.78, 5) is 14.1. The molecule has 0 aliphatic carbocycles. The number of pyridine rings is 1. The number of anilines is 1. The van der Waals surface area contributed by atoms with Gasteiger partial charge in [-0.05, 0) is 6.07 Å². The highest BCUT2D eigenvalue weighted by molar-refractivity contribution is 8.13. The maximum atomic E-state index is 12.4. The molecule has 7 heteroatoms. The summed E-state index contributed by atoms with van der Waals surface area (Å²) in [5.41, 5.74) is 4.53. The van der Waals surface area contributed by atoms with Crippen molar-refractivity contribution < 1.29 is 18.0 Å². The Morgan fingerprint density at radius 2 is 2.22 bits per heavy atom. The highest BCUT2D eigenvalue weighted by Crippen LogP contribution is 2.29. The zero-order valence-electron chi connectivity index (χ0n) is 9.34. The fraction of sp³-hybridized carbons (Fsp3) is 0.273. The summed E-state index contributed by atoms with van der Waals surface area (Å²) in [6, 6.07) is 0.841. The van der Waals surface area contributed by atoms with Crippen LogP contribution in [0.5, 0.6) is 0 Å². The van der Waals surface area contributed by atoms with E-state index in [1.165, 1.54) is 6.92 Å². The fourth-order valence-electron chi connectivity index (χ4n) is 1.000. The number of thioether (sulfide) groups is 1. The van der Waals surface area contributed by atoms with E-state index in [-0.39, 0.29) is 22.2 Å². The Morgan fingerprint density at radius 1 is 1.56 bits per heavy atom. The molecule has 0 saturated carbocycles. The average Bonchev–Trinajstić information content (AvgIpc) is 2.24. The van der Waals surface area contributed by atoms with E-state index in [1.54, 1.807) is 0 Å². The van der Waals surface area contributed by atoms with Crippen molar-refractivity contribution in [2.24, 2.45) is 0 Å². The average molecular weight is 274 g/mol. The van der Waals surface area contributed by atoms with Crippen molar-refractivity contribution in [2.75, 3.05) is 11.5 Å². The van der Waals surface area contributed by atoms with Crippen LogP contribution >= 0.6 is 11.8 Å². The van der Waals surface area contributed by atoms with E-state index in [9.17, 15) is 18.0 Å². The van der Waals surface area contributed by atoms with Crippen LogP contribution in [0.15, 0.2) is 12.3 Å². The molecule has 0 radical (unpaired) electrons. The smallest absolute Gasteiger partial charge is 0.383 e. The lowest BCUT2D eigenvalue weighted by atomic mass is 10.2. The molecule has 0 aliphatic heterocycles. The number of carbonyl (C=O) groups excluding carboxylic acids is 1. The van der Waals surface area contributed by atoms with Crippen molar-refractivity contribution in [3.63, 3.8) is 0 Å². The van der Waals surface area contributed by atoms with Gasteiger partial charge in [-0.1, -0.05) is 23.6 Å². The molecular formula is C11H9F3N2OS. The molecule has 0 atom stereocenters. The lowest BCUT2D eigenvalue weighted by Gasteiger charge is -2.06. The van der Waals surface area contributed by atoms with Crippen LogP contribution in [0.3, 0.4) is 0 Å². The molecule has 3 nitrogen and oxygen atoms in total. The van der Waals surface area contributed by atoms with Gasteiger partial charge in [0.1, 0.15) is 5.82 Å². The molecule has 1 aromatic heterocycles. The normalized spacial score (nSPS) is 10.7. The summed E-state index contributed by atoms with van der Waals surface area (Å²) >= 11 is 0.970. The molecule has 0 amide bonds. The summed E-state index contributed by atoms with van der Waals surface area (Å²) in [6.45, 7) is 1.38. The molecule has 0 bridgehead atoms. The number of aromatic nitrogens is 1. The number of nitrogens with two attached hydrogens (primary N) is 1. The number of hydrogen-bond donors (Lipinski definition) is 1. The number of nitrogen functional groups attached to an aromatic ring is 1. The lowest BCUT2D eigenvalue weighted by Crippen LogP contribution is -2.07. The van der Waals surface area contributed by atoms with Crippen molar-refractivity contribution in [2.45, 2.75) is 13.1 Å². The van der Waals surface area contributed by atoms with Crippen LogP contribution in [0.1, 0.15) is 18.1 Å². The quantitative estimate of drug-likeness (QED) is 0.798. The predicted octanol–water partition coefficient (Wildman–Crippen LogP) is 2.31. The molecule has 0 fully saturated rings. The third-order valence-electron chi connectivity index (χ3n) is 1.82. The minimum Gasteiger partial charge on any atom is -0.383 e. The monoisotopic (exact) mass is 274 g/mol. The molecule has 0 spiro atoms. The summed E-state index contributed by atoms with van der Waals surface area (Å²) in [5, 5.41) is -0.112. The summed E-state index contributed by atoms with van der Waals surface area (Å²) in [7, 11) is 0. The van der Waals surface area contributed by atoms with Crippen LogP contribution < -0.4 is 5.73 Å². The van der Waals surface area contributed by atoms with Gasteiger partial charge < -0.3 is 5.73 Å². The second-order valence-electron chi connectivity index (χ2n) is 3.24. The van der Waals surface area contributed by atoms with Crippen LogP contribution in [0.25, 0.3) is 0 Å². The maximum Gasteiger partial charge on any atom is 0.417 e. The molecule has 1 aromatic rings. The Bertz CT molecular complexity index is 517. The van der Waals surface area contributed by atoms with Gasteiger partial charge in [-0.3, -0.25) is 4.79 Å². The molecule has 1 rings (SSSR count). The first-order valence-electron chi connectivity index (χ1n) is 4.75. The van der Waals surface area contributed by atoms with E-state index < -0.39 is 11.7 Å². The molecule has 18 heavy (non-hydrogen) atoms. The number of hydrogen-bond acceptors (Lipinski definition) is 4. The van der Waals surface area contributed by atoms with Gasteiger partial charge in [-0.15, -0.1) is 0 Å². The zero-order chi connectivity index (χ0) is 13.8. The molecule has 0 aliphatic rings. The second kappa shape index (κ2) is 5.78. The number of rotatable bonds is 1. The molecular weight excluding hydrogens is 265 g/mol. The van der Waals surface area contributed by atoms with Crippen LogP contribution in [0.2, 0.25) is 0 Å². The zero-order valence-corrected chi connectivity index (χ0v) is 10.2. The molecule has 2 N–H and O–H groups in total. The number of halogens is 3. The summed E-state index contributed by atoms with van der Waals surface area (Å²) < 4.78 is 37.2. The van der Waals surface area contributed by atoms with Crippen LogP contribution in [0, 0.1) is 11.8 Å². The highest BCUT2D eigenvalue weighted by atomic mass is 32.2. The molecule has 0 saturated heterocycles. The standard InChI is InChI=1S/C11H9F3N2OS/c1-7(17)18-4-2-3-8-5-9(11(12,13)14)6-16-10(8)15/h5-6H,4H2,1H3,(H2,15,16). The van der Waals surface area contributed by atoms with E-state index in [1.807, 2.05) is 0 Å². The van der Waals surface area contributed by atoms with E-state index in [4.69, 9.17) is 5.73 Å². The summed E-state index contributed by atoms with van der Waals surface area (Å²) in [6.07, 6.45) is -3.82. The van der Waals surface area contributed by atoms with E-state index >= 15 is 0 Å². The van der Waals surface area contributed by atoms with Gasteiger partial charge in [0.05, 0.1) is 16.9 Å². The van der Waals surface area contributed by atoms with Crippen LogP contribution in [-0.2, 0) is 11.0 Å². The maximum absolute atomic E-state index is 12.4. The van der Waals surface area contributed by atoms with Crippen molar-refractivity contribution in [3.8, 4) is 11.8 Å². The van der Waals surface area contributed by atoms with Crippen molar-refractivity contribution >= 4 is 22.7 Å². The van der Waals surface area contributed by atoms with Gasteiger partial charge in [0.25, 0.3) is 0 Å². The number of carbonyl (C=O) groups is 1. The Hall–Kier alpha value is -1.68. The minimum atomic E-state index is -4.48. The van der Waals surface area contributed by atoms with E-state index in [0.29, 0.717) is 6.20 Å². The van der Waals surface area contributed by atoms with Gasteiger partial charge in [-0.25, -0.2) is 4.98 Å². The summed E-state index contributed by atoms with van der Waals surface area (Å²) in [5.74, 6) is 5.16. The first-order valence-corrected chi connectivity index (χ1v) is 5.74. The Kier molecular flexibility index (Phi) is 4.62. The minimum absolute atomic E-state index is 0.00831. The van der Waals surface area contributed by atoms with Crippen molar-refractivity contribution in [1.82, 2.24) is 4.98 Å². The first kappa shape index (κ1) is 14.4. The van der Waals surface area contributed by atoms with Gasteiger partial charge >= 0.3 is 6.18 Å². The SMILES string of the molecule is CC(=O)SCC#Cc1cc(C(F)(F)F)cnc1N. The number of alkyl halides is 3. The largest absolute Gasteiger partial charge is 0.417 e. The predicted molar refractivity (Wildman–Crippen MR) is 63.7 cm³/mol. The van der Waals surface area contributed by atoms with Crippen LogP contribution in [0.4, 0.5) is 19.0 Å². The first-order chi connectivity index (χ1) is 8.30. The van der Waals surface area contributed by atoms with Gasteiger partial charge in [0.15, 0.2) is 5.12 Å². The Labute approximate surface area is 106 Å². The fourth-order valence-corrected chi connectivity index (χ4v) is 1.35. The van der Waals surface area contributed by atoms with Crippen LogP contribution in [-0.4, -0.2) is 15.9 Å². The van der Waals surface area contributed by atoms with E-state index in [2.05, 4.69) is 16.8 Å². The topological polar surface area (TPSA) is 56.0 Å². The molecule has 0 aromatic carbocycles. The third-order valence-corrected chi connectivity index (χ3v) is 2.51. The number of nitrogens with zero attached hydrogens (tertiary/aromatic N) is 1. The highest BCUT2D eigenvalue weighted by Gasteiger charge is 2.31. The Balaban J connectivity index is 2.91. The van der Waals surface area contributed by atoms with Gasteiger partial charge in [0.2, 0.25) is 0 Å². The van der Waals surface area contributed by atoms with Crippen molar-refractivity contribution in [3.05, 3.63) is 23.4 Å². The lowest BCUT2D eigenvalue weighted by molar-refractivity contribution is -0.137. The second-order valence-corrected chi connectivity index (χ2v) is 4.39. The Morgan fingerprint density at radius 3 is 2.78 bits per heavy atom. The molecule has 96 valence electrons. The molecule has 1 heterocycles.